The van der Waals surface area contributed by atoms with E-state index in [0.29, 0.717) is 0 Å². The summed E-state index contributed by atoms with van der Waals surface area (Å²) in [5.41, 5.74) is -5.92. The van der Waals surface area contributed by atoms with E-state index in [1.165, 1.54) is 6.92 Å². The molecule has 0 spiro atoms. The predicted octanol–water partition coefficient (Wildman–Crippen LogP) is 5.20. The van der Waals surface area contributed by atoms with Gasteiger partial charge in [0.05, 0.1) is 4.83 Å². The molecule has 1 aromatic rings. The van der Waals surface area contributed by atoms with Crippen LogP contribution in [0.2, 0.25) is 0 Å². The maximum atomic E-state index is 12.8. The summed E-state index contributed by atoms with van der Waals surface area (Å²) in [4.78, 5) is 10.5. The molecular weight excluding hydrogens is 355 g/mol. The Bertz CT molecular complexity index is 473. The summed E-state index contributed by atoms with van der Waals surface area (Å²) >= 11 is 2.32. The van der Waals surface area contributed by atoms with Crippen molar-refractivity contribution in [3.8, 4) is 0 Å². The van der Waals surface area contributed by atoms with E-state index in [2.05, 4.69) is 15.9 Å². The van der Waals surface area contributed by atoms with Crippen molar-refractivity contribution >= 4 is 33.5 Å². The van der Waals surface area contributed by atoms with Gasteiger partial charge in [-0.05, 0) is 24.8 Å². The highest BCUT2D eigenvalue weighted by molar-refractivity contribution is 9.10. The summed E-state index contributed by atoms with van der Waals surface area (Å²) in [6.07, 6.45) is -3.01. The van der Waals surface area contributed by atoms with Crippen LogP contribution in [-0.2, 0) is 0 Å². The van der Waals surface area contributed by atoms with Gasteiger partial charge < -0.3 is 0 Å². The maximum Gasteiger partial charge on any atom is 0.446 e. The van der Waals surface area contributed by atoms with Crippen molar-refractivity contribution in [2.45, 2.75) is 28.6 Å². The molecule has 0 bridgehead atoms. The molecule has 0 amide bonds. The van der Waals surface area contributed by atoms with Crippen LogP contribution in [0, 0.1) is 0 Å². The molecule has 0 aliphatic carbocycles. The first kappa shape index (κ1) is 16.4. The van der Waals surface area contributed by atoms with Crippen molar-refractivity contribution < 1.29 is 26.7 Å². The number of carbonyl (C=O) groups is 1. The van der Waals surface area contributed by atoms with Gasteiger partial charge in [-0.3, -0.25) is 4.79 Å². The van der Waals surface area contributed by atoms with Crippen LogP contribution in [0.5, 0.6) is 0 Å². The summed E-state index contributed by atoms with van der Waals surface area (Å²) in [6, 6.07) is 3.03. The molecule has 0 N–H and O–H groups in total. The minimum absolute atomic E-state index is 0.512. The average Bonchev–Trinajstić information content (AvgIpc) is 2.25. The number of thioether (sulfide) groups is 1. The first-order valence-corrected chi connectivity index (χ1v) is 6.71. The largest absolute Gasteiger partial charge is 0.446 e. The monoisotopic (exact) mass is 362 g/mol. The van der Waals surface area contributed by atoms with E-state index >= 15 is 0 Å². The van der Waals surface area contributed by atoms with Crippen molar-refractivity contribution in [1.29, 1.82) is 0 Å². The molecule has 19 heavy (non-hydrogen) atoms. The Morgan fingerprint density at radius 2 is 1.89 bits per heavy atom. The van der Waals surface area contributed by atoms with Crippen LogP contribution in [0.3, 0.4) is 0 Å². The molecule has 0 saturated carbocycles. The molecule has 1 unspecified atom stereocenters. The topological polar surface area (TPSA) is 17.1 Å². The molecule has 1 nitrogen and oxygen atoms in total. The van der Waals surface area contributed by atoms with Crippen molar-refractivity contribution in [2.24, 2.45) is 0 Å². The van der Waals surface area contributed by atoms with Crippen molar-refractivity contribution in [2.75, 3.05) is 0 Å². The Morgan fingerprint density at radius 3 is 2.32 bits per heavy atom. The van der Waals surface area contributed by atoms with Crippen molar-refractivity contribution in [1.82, 2.24) is 0 Å². The second-order valence-corrected chi connectivity index (χ2v) is 6.03. The number of carbonyl (C=O) groups excluding carboxylic acids is 1. The lowest BCUT2D eigenvalue weighted by Gasteiger charge is -2.15. The van der Waals surface area contributed by atoms with Gasteiger partial charge in [0.25, 0.3) is 6.43 Å². The Balaban J connectivity index is 3.38. The van der Waals surface area contributed by atoms with Gasteiger partial charge in [-0.2, -0.15) is 13.2 Å². The molecule has 0 fully saturated rings. The molecule has 1 rings (SSSR count). The number of Topliss-reactive ketones (excluding diaryl/α,β-unsaturated/α-hetero) is 1. The molecule has 106 valence electrons. The highest BCUT2D eigenvalue weighted by atomic mass is 79.9. The smallest absolute Gasteiger partial charge is 0.293 e. The number of halogens is 6. The Labute approximate surface area is 118 Å². The van der Waals surface area contributed by atoms with E-state index in [9.17, 15) is 26.7 Å². The van der Waals surface area contributed by atoms with Crippen LogP contribution in [0.4, 0.5) is 22.0 Å². The first-order valence-electron chi connectivity index (χ1n) is 4.98. The summed E-state index contributed by atoms with van der Waals surface area (Å²) < 4.78 is 62.7. The molecular formula is C11H8BrF5OS. The van der Waals surface area contributed by atoms with E-state index in [4.69, 9.17) is 0 Å². The predicted molar refractivity (Wildman–Crippen MR) is 66.0 cm³/mol. The van der Waals surface area contributed by atoms with Gasteiger partial charge in [0.15, 0.2) is 5.78 Å². The highest BCUT2D eigenvalue weighted by Crippen LogP contribution is 2.41. The van der Waals surface area contributed by atoms with Gasteiger partial charge in [-0.15, -0.1) is 0 Å². The molecule has 1 atom stereocenters. The van der Waals surface area contributed by atoms with Crippen LogP contribution in [-0.4, -0.2) is 16.1 Å². The van der Waals surface area contributed by atoms with Crippen LogP contribution < -0.4 is 0 Å². The summed E-state index contributed by atoms with van der Waals surface area (Å²) in [7, 11) is 0. The standard InChI is InChI=1S/C11H8BrF5OS/c1-5(12)9(18)8-6(10(13)14)3-2-4-7(8)19-11(15,16)17/h2-5,10H,1H3. The molecule has 1 aromatic carbocycles. The summed E-state index contributed by atoms with van der Waals surface area (Å²) in [5.74, 6) is -0.803. The third-order valence-electron chi connectivity index (χ3n) is 2.13. The SMILES string of the molecule is CC(Br)C(=O)c1c(SC(F)(F)F)cccc1C(F)F. The molecule has 0 aromatic heterocycles. The number of ketones is 1. The Hall–Kier alpha value is -0.630. The number of hydrogen-bond donors (Lipinski definition) is 0. The molecule has 0 heterocycles. The Morgan fingerprint density at radius 1 is 1.32 bits per heavy atom. The van der Waals surface area contributed by atoms with Crippen LogP contribution in [0.15, 0.2) is 23.1 Å². The van der Waals surface area contributed by atoms with Crippen LogP contribution >= 0.6 is 27.7 Å². The second-order valence-electron chi connectivity index (χ2n) is 3.55. The van der Waals surface area contributed by atoms with E-state index in [1.54, 1.807) is 0 Å². The van der Waals surface area contributed by atoms with Gasteiger partial charge >= 0.3 is 5.51 Å². The minimum atomic E-state index is -4.65. The van der Waals surface area contributed by atoms with E-state index < -0.39 is 50.3 Å². The van der Waals surface area contributed by atoms with Crippen LogP contribution in [0.25, 0.3) is 0 Å². The van der Waals surface area contributed by atoms with Gasteiger partial charge in [0, 0.05) is 16.0 Å². The lowest BCUT2D eigenvalue weighted by atomic mass is 10.0. The number of hydrogen-bond acceptors (Lipinski definition) is 2. The molecule has 0 saturated heterocycles. The number of alkyl halides is 6. The fourth-order valence-electron chi connectivity index (χ4n) is 1.40. The van der Waals surface area contributed by atoms with Gasteiger partial charge in [-0.1, -0.05) is 28.1 Å². The quantitative estimate of drug-likeness (QED) is 0.317. The minimum Gasteiger partial charge on any atom is -0.293 e. The zero-order valence-electron chi connectivity index (χ0n) is 9.47. The third kappa shape index (κ3) is 4.45. The number of rotatable bonds is 4. The summed E-state index contributed by atoms with van der Waals surface area (Å²) in [5, 5.41) is 0. The number of benzene rings is 1. The normalized spacial score (nSPS) is 13.7. The molecule has 0 aliphatic rings. The fraction of sp³-hybridized carbons (Fsp3) is 0.364. The van der Waals surface area contributed by atoms with Gasteiger partial charge in [0.1, 0.15) is 0 Å². The third-order valence-corrected chi connectivity index (χ3v) is 3.33. The van der Waals surface area contributed by atoms with Crippen molar-refractivity contribution in [3.63, 3.8) is 0 Å². The maximum absolute atomic E-state index is 12.8. The average molecular weight is 363 g/mol. The fourth-order valence-corrected chi connectivity index (χ4v) is 2.35. The highest BCUT2D eigenvalue weighted by Gasteiger charge is 2.33. The lowest BCUT2D eigenvalue weighted by molar-refractivity contribution is -0.0328. The Kier molecular flexibility index (Phi) is 5.37. The van der Waals surface area contributed by atoms with E-state index in [1.807, 2.05) is 0 Å². The van der Waals surface area contributed by atoms with E-state index in [0.717, 1.165) is 18.2 Å². The molecule has 0 radical (unpaired) electrons. The van der Waals surface area contributed by atoms with E-state index in [-0.39, 0.29) is 0 Å². The summed E-state index contributed by atoms with van der Waals surface area (Å²) in [6.45, 7) is 1.37. The van der Waals surface area contributed by atoms with Crippen LogP contribution in [0.1, 0.15) is 29.3 Å². The van der Waals surface area contributed by atoms with Crippen molar-refractivity contribution in [3.05, 3.63) is 29.3 Å². The second kappa shape index (κ2) is 6.21. The zero-order valence-corrected chi connectivity index (χ0v) is 11.9. The molecule has 0 aliphatic heterocycles. The lowest BCUT2D eigenvalue weighted by Crippen LogP contribution is -2.15. The first-order chi connectivity index (χ1) is 8.63. The molecule has 8 heteroatoms. The van der Waals surface area contributed by atoms with Gasteiger partial charge in [-0.25, -0.2) is 8.78 Å². The van der Waals surface area contributed by atoms with Gasteiger partial charge in [0.2, 0.25) is 0 Å². The zero-order chi connectivity index (χ0) is 14.8.